The molecule has 2 aromatic rings. The highest BCUT2D eigenvalue weighted by Gasteiger charge is 2.36. The predicted molar refractivity (Wildman–Crippen MR) is 93.9 cm³/mol. The molecule has 1 heterocycles. The number of alkyl halides is 3. The van der Waals surface area contributed by atoms with E-state index in [1.807, 2.05) is 0 Å². The summed E-state index contributed by atoms with van der Waals surface area (Å²) in [5.41, 5.74) is -0.868. The number of carbonyl (C=O) groups excluding carboxylic acids is 1. The summed E-state index contributed by atoms with van der Waals surface area (Å²) in [6.45, 7) is 1.18. The Morgan fingerprint density at radius 2 is 1.79 bits per heavy atom. The maximum atomic E-state index is 13.5. The van der Waals surface area contributed by atoms with Crippen molar-refractivity contribution in [3.63, 3.8) is 0 Å². The topological polar surface area (TPSA) is 32.3 Å². The third-order valence-electron chi connectivity index (χ3n) is 5.08. The molecule has 0 spiro atoms. The number of nitrogens with one attached hydrogen (secondary N) is 1. The SMILES string of the molecule is CN(C(=O)c1ccc(F)c(C(F)(F)F)c1)[C@@H]1CCNC[C@H]1c1ccc(F)cc1. The molecule has 0 aliphatic carbocycles. The van der Waals surface area contributed by atoms with Crippen molar-refractivity contribution in [3.8, 4) is 0 Å². The zero-order valence-electron chi connectivity index (χ0n) is 15.1. The highest BCUT2D eigenvalue weighted by atomic mass is 19.4. The number of rotatable bonds is 3. The van der Waals surface area contributed by atoms with Gasteiger partial charge in [-0.15, -0.1) is 0 Å². The molecular formula is C20H19F5N2O. The Morgan fingerprint density at radius 1 is 1.11 bits per heavy atom. The Labute approximate surface area is 159 Å². The van der Waals surface area contributed by atoms with E-state index in [2.05, 4.69) is 5.32 Å². The minimum atomic E-state index is -4.88. The molecule has 1 fully saturated rings. The zero-order chi connectivity index (χ0) is 20.5. The molecule has 1 aliphatic rings. The molecule has 0 bridgehead atoms. The van der Waals surface area contributed by atoms with Crippen LogP contribution in [0.4, 0.5) is 22.0 Å². The first-order chi connectivity index (χ1) is 13.2. The quantitative estimate of drug-likeness (QED) is 0.786. The van der Waals surface area contributed by atoms with Crippen LogP contribution in [0.1, 0.15) is 33.8 Å². The molecule has 8 heteroatoms. The average Bonchev–Trinajstić information content (AvgIpc) is 2.67. The van der Waals surface area contributed by atoms with Crippen molar-refractivity contribution in [2.45, 2.75) is 24.6 Å². The summed E-state index contributed by atoms with van der Waals surface area (Å²) in [5, 5.41) is 3.22. The van der Waals surface area contributed by atoms with Gasteiger partial charge in [0.2, 0.25) is 0 Å². The maximum Gasteiger partial charge on any atom is 0.419 e. The van der Waals surface area contributed by atoms with E-state index in [4.69, 9.17) is 0 Å². The van der Waals surface area contributed by atoms with E-state index < -0.39 is 23.5 Å². The normalized spacial score (nSPS) is 20.1. The van der Waals surface area contributed by atoms with Gasteiger partial charge >= 0.3 is 6.18 Å². The standard InChI is InChI=1S/C20H19F5N2O/c1-27(19(28)13-4-7-17(22)16(10-13)20(23,24)25)18-8-9-26-11-15(18)12-2-5-14(21)6-3-12/h2-7,10,15,18,26H,8-9,11H2,1H3/t15-,18+/m0/s1. The molecule has 2 aromatic carbocycles. The van der Waals surface area contributed by atoms with Crippen LogP contribution in [-0.4, -0.2) is 37.0 Å². The van der Waals surface area contributed by atoms with Gasteiger partial charge in [-0.2, -0.15) is 13.2 Å². The Morgan fingerprint density at radius 3 is 2.43 bits per heavy atom. The zero-order valence-corrected chi connectivity index (χ0v) is 15.1. The molecule has 1 aliphatic heterocycles. The molecule has 2 atom stereocenters. The van der Waals surface area contributed by atoms with Crippen molar-refractivity contribution in [2.75, 3.05) is 20.1 Å². The van der Waals surface area contributed by atoms with Gasteiger partial charge in [-0.05, 0) is 48.9 Å². The lowest BCUT2D eigenvalue weighted by atomic mass is 9.85. The minimum Gasteiger partial charge on any atom is -0.338 e. The lowest BCUT2D eigenvalue weighted by Gasteiger charge is -2.38. The Hall–Kier alpha value is -2.48. The van der Waals surface area contributed by atoms with Gasteiger partial charge in [0.05, 0.1) is 5.56 Å². The predicted octanol–water partition coefficient (Wildman–Crippen LogP) is 4.20. The largest absolute Gasteiger partial charge is 0.419 e. The highest BCUT2D eigenvalue weighted by Crippen LogP contribution is 2.33. The summed E-state index contributed by atoms with van der Waals surface area (Å²) in [6.07, 6.45) is -4.30. The number of nitrogens with zero attached hydrogens (tertiary/aromatic N) is 1. The second-order valence-corrected chi connectivity index (χ2v) is 6.83. The van der Waals surface area contributed by atoms with Gasteiger partial charge in [0, 0.05) is 31.1 Å². The molecule has 3 rings (SSSR count). The second kappa shape index (κ2) is 7.87. The number of hydrogen-bond acceptors (Lipinski definition) is 2. The number of likely N-dealkylation sites (N-methyl/N-ethyl adjacent to an activating group) is 1. The maximum absolute atomic E-state index is 13.5. The van der Waals surface area contributed by atoms with Gasteiger partial charge in [-0.3, -0.25) is 4.79 Å². The highest BCUT2D eigenvalue weighted by molar-refractivity contribution is 5.94. The van der Waals surface area contributed by atoms with E-state index >= 15 is 0 Å². The summed E-state index contributed by atoms with van der Waals surface area (Å²) in [4.78, 5) is 14.2. The van der Waals surface area contributed by atoms with Crippen LogP contribution in [0.2, 0.25) is 0 Å². The van der Waals surface area contributed by atoms with Crippen molar-refractivity contribution in [1.29, 1.82) is 0 Å². The molecular weight excluding hydrogens is 379 g/mol. The van der Waals surface area contributed by atoms with Crippen LogP contribution in [0.5, 0.6) is 0 Å². The molecule has 0 radical (unpaired) electrons. The lowest BCUT2D eigenvalue weighted by molar-refractivity contribution is -0.140. The number of piperidine rings is 1. The molecule has 1 N–H and O–H groups in total. The van der Waals surface area contributed by atoms with E-state index in [1.165, 1.54) is 24.1 Å². The number of hydrogen-bond donors (Lipinski definition) is 1. The third-order valence-corrected chi connectivity index (χ3v) is 5.08. The Kier molecular flexibility index (Phi) is 5.69. The summed E-state index contributed by atoms with van der Waals surface area (Å²) in [7, 11) is 1.52. The van der Waals surface area contributed by atoms with Crippen LogP contribution in [0.3, 0.4) is 0 Å². The first-order valence-corrected chi connectivity index (χ1v) is 8.78. The fourth-order valence-corrected chi connectivity index (χ4v) is 3.59. The minimum absolute atomic E-state index is 0.147. The molecule has 0 saturated carbocycles. The molecule has 0 unspecified atom stereocenters. The van der Waals surface area contributed by atoms with Crippen molar-refractivity contribution in [3.05, 3.63) is 70.8 Å². The second-order valence-electron chi connectivity index (χ2n) is 6.83. The van der Waals surface area contributed by atoms with Crippen LogP contribution in [0, 0.1) is 11.6 Å². The van der Waals surface area contributed by atoms with Crippen molar-refractivity contribution < 1.29 is 26.7 Å². The summed E-state index contributed by atoms with van der Waals surface area (Å²) in [6, 6.07) is 7.90. The van der Waals surface area contributed by atoms with Gasteiger partial charge in [-0.25, -0.2) is 8.78 Å². The molecule has 0 aromatic heterocycles. The fraction of sp³-hybridized carbons (Fsp3) is 0.350. The molecule has 1 saturated heterocycles. The van der Waals surface area contributed by atoms with Crippen LogP contribution >= 0.6 is 0 Å². The van der Waals surface area contributed by atoms with Crippen LogP contribution in [-0.2, 0) is 6.18 Å². The molecule has 150 valence electrons. The van der Waals surface area contributed by atoms with E-state index in [9.17, 15) is 26.7 Å². The third kappa shape index (κ3) is 4.16. The van der Waals surface area contributed by atoms with E-state index in [1.54, 1.807) is 12.1 Å². The first kappa shape index (κ1) is 20.3. The number of carbonyl (C=O) groups is 1. The van der Waals surface area contributed by atoms with Crippen LogP contribution in [0.15, 0.2) is 42.5 Å². The number of benzene rings is 2. The number of amides is 1. The molecule has 28 heavy (non-hydrogen) atoms. The van der Waals surface area contributed by atoms with Crippen molar-refractivity contribution in [1.82, 2.24) is 10.2 Å². The van der Waals surface area contributed by atoms with Gasteiger partial charge in [0.25, 0.3) is 5.91 Å². The van der Waals surface area contributed by atoms with Gasteiger partial charge in [-0.1, -0.05) is 12.1 Å². The summed E-state index contributed by atoms with van der Waals surface area (Å²) < 4.78 is 65.6. The number of halogens is 5. The molecule has 1 amide bonds. The summed E-state index contributed by atoms with van der Waals surface area (Å²) in [5.74, 6) is -2.56. The van der Waals surface area contributed by atoms with Gasteiger partial charge < -0.3 is 10.2 Å². The first-order valence-electron chi connectivity index (χ1n) is 8.78. The smallest absolute Gasteiger partial charge is 0.338 e. The van der Waals surface area contributed by atoms with E-state index in [0.717, 1.165) is 11.6 Å². The average molecular weight is 398 g/mol. The molecule has 3 nitrogen and oxygen atoms in total. The van der Waals surface area contributed by atoms with Crippen molar-refractivity contribution in [2.24, 2.45) is 0 Å². The van der Waals surface area contributed by atoms with E-state index in [-0.39, 0.29) is 23.3 Å². The van der Waals surface area contributed by atoms with Gasteiger partial charge in [0.1, 0.15) is 11.6 Å². The Balaban J connectivity index is 1.88. The van der Waals surface area contributed by atoms with Crippen LogP contribution in [0.25, 0.3) is 0 Å². The summed E-state index contributed by atoms with van der Waals surface area (Å²) >= 11 is 0. The lowest BCUT2D eigenvalue weighted by Crippen LogP contribution is -2.49. The Bertz CT molecular complexity index is 851. The van der Waals surface area contributed by atoms with Crippen LogP contribution < -0.4 is 5.32 Å². The van der Waals surface area contributed by atoms with Crippen molar-refractivity contribution >= 4 is 5.91 Å². The van der Waals surface area contributed by atoms with E-state index in [0.29, 0.717) is 31.6 Å². The fourth-order valence-electron chi connectivity index (χ4n) is 3.59. The van der Waals surface area contributed by atoms with Gasteiger partial charge in [0.15, 0.2) is 0 Å². The monoisotopic (exact) mass is 398 g/mol.